The van der Waals surface area contributed by atoms with Crippen LogP contribution in [-0.4, -0.2) is 37.3 Å². The summed E-state index contributed by atoms with van der Waals surface area (Å²) in [5.74, 6) is 0.441. The summed E-state index contributed by atoms with van der Waals surface area (Å²) in [5, 5.41) is 17.3. The van der Waals surface area contributed by atoms with E-state index in [-0.39, 0.29) is 0 Å². The van der Waals surface area contributed by atoms with E-state index < -0.39 is 0 Å². The molecular formula is C21H21N7S2. The van der Waals surface area contributed by atoms with E-state index in [1.54, 1.807) is 34.9 Å². The van der Waals surface area contributed by atoms with Gasteiger partial charge in [0.1, 0.15) is 11.8 Å². The molecule has 0 aromatic carbocycles. The maximum absolute atomic E-state index is 8.87. The molecule has 1 N–H and O–H groups in total. The molecule has 30 heavy (non-hydrogen) atoms. The van der Waals surface area contributed by atoms with Crippen LogP contribution in [-0.2, 0) is 6.54 Å². The fourth-order valence-corrected chi connectivity index (χ4v) is 5.56. The second-order valence-corrected chi connectivity index (χ2v) is 9.25. The van der Waals surface area contributed by atoms with Gasteiger partial charge in [-0.25, -0.2) is 15.0 Å². The Balaban J connectivity index is 1.26. The minimum absolute atomic E-state index is 0.413. The number of anilines is 2. The number of aromatic nitrogens is 4. The van der Waals surface area contributed by atoms with Crippen LogP contribution >= 0.6 is 22.7 Å². The minimum Gasteiger partial charge on any atom is -0.330 e. The molecule has 0 aliphatic carbocycles. The monoisotopic (exact) mass is 435 g/mol. The molecule has 1 saturated heterocycles. The Labute approximate surface area is 182 Å². The first kappa shape index (κ1) is 19.2. The summed E-state index contributed by atoms with van der Waals surface area (Å²) in [4.78, 5) is 17.2. The lowest BCUT2D eigenvalue weighted by atomic mass is 9.95. The Morgan fingerprint density at radius 1 is 1.30 bits per heavy atom. The van der Waals surface area contributed by atoms with Crippen LogP contribution in [0.25, 0.3) is 4.96 Å². The maximum atomic E-state index is 8.87. The quantitative estimate of drug-likeness (QED) is 0.495. The van der Waals surface area contributed by atoms with Crippen LogP contribution in [0.1, 0.15) is 41.5 Å². The molecule has 1 aliphatic heterocycles. The third-order valence-electron chi connectivity index (χ3n) is 5.51. The second-order valence-electron chi connectivity index (χ2n) is 7.52. The molecule has 0 spiro atoms. The highest BCUT2D eigenvalue weighted by atomic mass is 32.1. The van der Waals surface area contributed by atoms with Gasteiger partial charge in [-0.1, -0.05) is 0 Å². The summed E-state index contributed by atoms with van der Waals surface area (Å²) in [7, 11) is 0. The van der Waals surface area contributed by atoms with Crippen molar-refractivity contribution in [3.63, 3.8) is 0 Å². The molecular weight excluding hydrogens is 414 g/mol. The zero-order valence-electron chi connectivity index (χ0n) is 16.6. The van der Waals surface area contributed by atoms with Crippen molar-refractivity contribution in [3.8, 4) is 6.07 Å². The van der Waals surface area contributed by atoms with Crippen molar-refractivity contribution < 1.29 is 0 Å². The van der Waals surface area contributed by atoms with Gasteiger partial charge in [-0.2, -0.15) is 5.26 Å². The fraction of sp³-hybridized carbons (Fsp3) is 0.333. The zero-order valence-corrected chi connectivity index (χ0v) is 18.2. The molecule has 152 valence electrons. The molecule has 7 nitrogen and oxygen atoms in total. The van der Waals surface area contributed by atoms with Crippen LogP contribution in [0.4, 0.5) is 10.8 Å². The second kappa shape index (κ2) is 8.14. The number of nitrogens with one attached hydrogen (secondary N) is 1. The Bertz CT molecular complexity index is 1200. The highest BCUT2D eigenvalue weighted by Crippen LogP contribution is 2.31. The molecule has 5 heterocycles. The Morgan fingerprint density at radius 3 is 3.07 bits per heavy atom. The van der Waals surface area contributed by atoms with Crippen LogP contribution in [0.2, 0.25) is 0 Å². The lowest BCUT2D eigenvalue weighted by Crippen LogP contribution is -2.34. The summed E-state index contributed by atoms with van der Waals surface area (Å²) >= 11 is 3.30. The first-order valence-corrected chi connectivity index (χ1v) is 11.7. The van der Waals surface area contributed by atoms with Crippen molar-refractivity contribution in [1.29, 1.82) is 5.26 Å². The van der Waals surface area contributed by atoms with Crippen molar-refractivity contribution in [3.05, 3.63) is 58.1 Å². The van der Waals surface area contributed by atoms with E-state index in [2.05, 4.69) is 48.5 Å². The molecule has 0 radical (unpaired) electrons. The van der Waals surface area contributed by atoms with Gasteiger partial charge in [0, 0.05) is 36.0 Å². The van der Waals surface area contributed by atoms with Crippen LogP contribution < -0.4 is 5.32 Å². The minimum atomic E-state index is 0.413. The van der Waals surface area contributed by atoms with Gasteiger partial charge in [0.15, 0.2) is 10.1 Å². The van der Waals surface area contributed by atoms with Gasteiger partial charge in [0.05, 0.1) is 29.0 Å². The summed E-state index contributed by atoms with van der Waals surface area (Å²) in [6.45, 7) is 5.15. The highest BCUT2D eigenvalue weighted by molar-refractivity contribution is 7.15. The van der Waals surface area contributed by atoms with Gasteiger partial charge in [0.25, 0.3) is 0 Å². The number of pyridine rings is 1. The summed E-state index contributed by atoms with van der Waals surface area (Å²) in [6, 6.07) is 5.60. The number of nitriles is 1. The number of likely N-dealkylation sites (tertiary alicyclic amines) is 1. The van der Waals surface area contributed by atoms with Crippen molar-refractivity contribution in [1.82, 2.24) is 24.3 Å². The third-order valence-corrected chi connectivity index (χ3v) is 7.04. The zero-order chi connectivity index (χ0) is 20.5. The molecule has 1 aliphatic rings. The molecule has 5 rings (SSSR count). The van der Waals surface area contributed by atoms with E-state index in [0.29, 0.717) is 11.6 Å². The largest absolute Gasteiger partial charge is 0.330 e. The number of hydrogen-bond donors (Lipinski definition) is 1. The SMILES string of the molecule is Cc1nc2sccn2c1CN1CCCC(c2csc(Nc3ccc(C#N)nc3)n2)C1. The molecule has 9 heteroatoms. The van der Waals surface area contributed by atoms with Crippen LogP contribution in [0.5, 0.6) is 0 Å². The molecule has 1 unspecified atom stereocenters. The summed E-state index contributed by atoms with van der Waals surface area (Å²) < 4.78 is 2.22. The number of hydrogen-bond acceptors (Lipinski definition) is 8. The Kier molecular flexibility index (Phi) is 5.21. The predicted molar refractivity (Wildman–Crippen MR) is 119 cm³/mol. The molecule has 1 fully saturated rings. The third kappa shape index (κ3) is 3.81. The molecule has 0 amide bonds. The number of piperidine rings is 1. The number of rotatable bonds is 5. The number of aryl methyl sites for hydroxylation is 1. The fourth-order valence-electron chi connectivity index (χ4n) is 3.97. The van der Waals surface area contributed by atoms with E-state index in [1.807, 2.05) is 12.1 Å². The normalized spacial score (nSPS) is 17.3. The van der Waals surface area contributed by atoms with Gasteiger partial charge in [-0.15, -0.1) is 22.7 Å². The first-order valence-electron chi connectivity index (χ1n) is 9.91. The Morgan fingerprint density at radius 2 is 2.23 bits per heavy atom. The van der Waals surface area contributed by atoms with Gasteiger partial charge in [0.2, 0.25) is 0 Å². The van der Waals surface area contributed by atoms with E-state index >= 15 is 0 Å². The van der Waals surface area contributed by atoms with Crippen molar-refractivity contribution in [2.75, 3.05) is 18.4 Å². The average molecular weight is 436 g/mol. The standard InChI is InChI=1S/C21H21N7S2/c1-14-19(28-7-8-29-21(28)24-14)12-27-6-2-3-15(11-27)18-13-30-20(26-18)25-17-5-4-16(9-22)23-10-17/h4-5,7-8,10,13,15H,2-3,6,11-12H2,1H3,(H,25,26). The highest BCUT2D eigenvalue weighted by Gasteiger charge is 2.25. The van der Waals surface area contributed by atoms with Gasteiger partial charge in [-0.05, 0) is 38.4 Å². The van der Waals surface area contributed by atoms with Crippen molar-refractivity contribution in [2.45, 2.75) is 32.2 Å². The number of thiazole rings is 2. The van der Waals surface area contributed by atoms with Gasteiger partial charge < -0.3 is 5.32 Å². The van der Waals surface area contributed by atoms with Crippen LogP contribution in [0.15, 0.2) is 35.3 Å². The van der Waals surface area contributed by atoms with E-state index in [1.165, 1.54) is 12.1 Å². The van der Waals surface area contributed by atoms with Gasteiger partial charge in [-0.3, -0.25) is 9.30 Å². The summed E-state index contributed by atoms with van der Waals surface area (Å²) in [5.41, 5.74) is 4.83. The van der Waals surface area contributed by atoms with Crippen LogP contribution in [0, 0.1) is 18.3 Å². The molecule has 0 saturated carbocycles. The maximum Gasteiger partial charge on any atom is 0.194 e. The van der Waals surface area contributed by atoms with Crippen LogP contribution in [0.3, 0.4) is 0 Å². The Hall–Kier alpha value is -2.80. The molecule has 1 atom stereocenters. The lowest BCUT2D eigenvalue weighted by molar-refractivity contribution is 0.196. The number of nitrogens with zero attached hydrogens (tertiary/aromatic N) is 6. The molecule has 4 aromatic rings. The van der Waals surface area contributed by atoms with Gasteiger partial charge >= 0.3 is 0 Å². The molecule has 4 aromatic heterocycles. The van der Waals surface area contributed by atoms with E-state index in [4.69, 9.17) is 10.2 Å². The van der Waals surface area contributed by atoms with Crippen molar-refractivity contribution in [2.24, 2.45) is 0 Å². The predicted octanol–water partition coefficient (Wildman–Crippen LogP) is 4.55. The van der Waals surface area contributed by atoms with E-state index in [9.17, 15) is 0 Å². The average Bonchev–Trinajstić information content (AvgIpc) is 3.48. The lowest BCUT2D eigenvalue weighted by Gasteiger charge is -2.31. The topological polar surface area (TPSA) is 82.1 Å². The smallest absolute Gasteiger partial charge is 0.194 e. The number of imidazole rings is 1. The first-order chi connectivity index (χ1) is 14.7. The van der Waals surface area contributed by atoms with E-state index in [0.717, 1.165) is 53.2 Å². The number of fused-ring (bicyclic) bond motifs is 1. The summed E-state index contributed by atoms with van der Waals surface area (Å²) in [6.07, 6.45) is 6.13. The van der Waals surface area contributed by atoms with Crippen molar-refractivity contribution >= 4 is 38.5 Å². The molecule has 0 bridgehead atoms.